The van der Waals surface area contributed by atoms with Gasteiger partial charge in [0.15, 0.2) is 0 Å². The van der Waals surface area contributed by atoms with E-state index in [-0.39, 0.29) is 11.9 Å². The first kappa shape index (κ1) is 14.9. The molecule has 1 aromatic carbocycles. The first-order valence-corrected chi connectivity index (χ1v) is 8.26. The minimum absolute atomic E-state index is 0.137. The number of carbonyl (C=O) groups excluding carboxylic acids is 1. The lowest BCUT2D eigenvalue weighted by atomic mass is 10.0. The van der Waals surface area contributed by atoms with Gasteiger partial charge in [-0.15, -0.1) is 0 Å². The molecule has 1 amide bonds. The molecule has 1 aliphatic heterocycles. The Hall–Kier alpha value is -1.47. The summed E-state index contributed by atoms with van der Waals surface area (Å²) in [7, 11) is -3.22. The second-order valence-corrected chi connectivity index (χ2v) is 6.75. The van der Waals surface area contributed by atoms with E-state index >= 15 is 0 Å². The highest BCUT2D eigenvalue weighted by molar-refractivity contribution is 7.88. The molecule has 0 aliphatic carbocycles. The number of carbonyl (C=O) groups is 1. The fourth-order valence-corrected chi connectivity index (χ4v) is 3.15. The lowest BCUT2D eigenvalue weighted by Gasteiger charge is -2.32. The molecular weight excluding hydrogens is 283 g/mol. The zero-order chi connectivity index (χ0) is 14.8. The van der Waals surface area contributed by atoms with Gasteiger partial charge in [0.05, 0.1) is 6.26 Å². The van der Waals surface area contributed by atoms with E-state index in [4.69, 9.17) is 0 Å². The Morgan fingerprint density at radius 3 is 2.55 bits per heavy atom. The number of piperidine rings is 1. The molecule has 0 bridgehead atoms. The number of hydrogen-bond acceptors (Lipinski definition) is 3. The van der Waals surface area contributed by atoms with Crippen molar-refractivity contribution in [3.05, 3.63) is 35.6 Å². The summed E-state index contributed by atoms with van der Waals surface area (Å²) < 4.78 is 37.9. The molecule has 1 saturated heterocycles. The van der Waals surface area contributed by atoms with Gasteiger partial charge in [0.2, 0.25) is 10.0 Å². The smallest absolute Gasteiger partial charge is 0.253 e. The highest BCUT2D eigenvalue weighted by Gasteiger charge is 2.25. The van der Waals surface area contributed by atoms with E-state index in [0.717, 1.165) is 6.26 Å². The molecule has 0 saturated carbocycles. The van der Waals surface area contributed by atoms with Crippen molar-refractivity contribution in [1.82, 2.24) is 9.62 Å². The van der Waals surface area contributed by atoms with Crippen molar-refractivity contribution in [2.45, 2.75) is 18.9 Å². The van der Waals surface area contributed by atoms with Crippen molar-refractivity contribution in [2.24, 2.45) is 0 Å². The summed E-state index contributed by atoms with van der Waals surface area (Å²) in [4.78, 5) is 13.8. The minimum atomic E-state index is -3.22. The summed E-state index contributed by atoms with van der Waals surface area (Å²) in [6.45, 7) is 0.922. The third-order valence-corrected chi connectivity index (χ3v) is 4.00. The molecule has 0 radical (unpaired) electrons. The molecule has 0 aromatic heterocycles. The number of amides is 1. The summed E-state index contributed by atoms with van der Waals surface area (Å²) >= 11 is 0. The Morgan fingerprint density at radius 2 is 2.00 bits per heavy atom. The number of sulfonamides is 1. The summed E-state index contributed by atoms with van der Waals surface area (Å²) in [5, 5.41) is 0. The minimum Gasteiger partial charge on any atom is -0.339 e. The van der Waals surface area contributed by atoms with Gasteiger partial charge in [0, 0.05) is 24.7 Å². The van der Waals surface area contributed by atoms with Gasteiger partial charge in [-0.2, -0.15) is 0 Å². The van der Waals surface area contributed by atoms with Crippen LogP contribution in [0.5, 0.6) is 0 Å². The number of likely N-dealkylation sites (tertiary alicyclic amines) is 1. The number of benzene rings is 1. The highest BCUT2D eigenvalue weighted by atomic mass is 32.2. The van der Waals surface area contributed by atoms with Crippen molar-refractivity contribution < 1.29 is 17.6 Å². The van der Waals surface area contributed by atoms with Crippen molar-refractivity contribution in [3.8, 4) is 0 Å². The fourth-order valence-electron chi connectivity index (χ4n) is 2.31. The van der Waals surface area contributed by atoms with E-state index in [2.05, 4.69) is 4.72 Å². The number of nitrogens with zero attached hydrogens (tertiary/aromatic N) is 1. The van der Waals surface area contributed by atoms with Crippen LogP contribution in [0.15, 0.2) is 24.3 Å². The van der Waals surface area contributed by atoms with E-state index in [9.17, 15) is 17.6 Å². The maximum atomic E-state index is 13.1. The quantitative estimate of drug-likeness (QED) is 0.905. The summed E-state index contributed by atoms with van der Waals surface area (Å²) in [6.07, 6.45) is 2.25. The largest absolute Gasteiger partial charge is 0.339 e. The average molecular weight is 300 g/mol. The Labute approximate surface area is 117 Å². The van der Waals surface area contributed by atoms with Gasteiger partial charge in [0.25, 0.3) is 5.91 Å². The number of rotatable bonds is 3. The fraction of sp³-hybridized carbons (Fsp3) is 0.462. The van der Waals surface area contributed by atoms with Gasteiger partial charge in [-0.05, 0) is 31.0 Å². The van der Waals surface area contributed by atoms with Gasteiger partial charge < -0.3 is 4.90 Å². The predicted molar refractivity (Wildman–Crippen MR) is 73.3 cm³/mol. The second kappa shape index (κ2) is 5.88. The molecule has 1 fully saturated rings. The molecule has 5 nitrogen and oxygen atoms in total. The van der Waals surface area contributed by atoms with Gasteiger partial charge in [0.1, 0.15) is 5.82 Å². The molecule has 1 aromatic rings. The molecule has 1 aliphatic rings. The van der Waals surface area contributed by atoms with Crippen LogP contribution in [0.2, 0.25) is 0 Å². The van der Waals surface area contributed by atoms with Crippen molar-refractivity contribution in [1.29, 1.82) is 0 Å². The topological polar surface area (TPSA) is 66.5 Å². The molecule has 110 valence electrons. The average Bonchev–Trinajstić information content (AvgIpc) is 2.37. The first-order chi connectivity index (χ1) is 9.35. The van der Waals surface area contributed by atoms with Crippen molar-refractivity contribution in [3.63, 3.8) is 0 Å². The summed E-state index contributed by atoms with van der Waals surface area (Å²) in [5.74, 6) is -0.660. The number of halogens is 1. The molecule has 0 atom stereocenters. The van der Waals surface area contributed by atoms with Crippen LogP contribution in [-0.2, 0) is 10.0 Å². The summed E-state index contributed by atoms with van der Waals surface area (Å²) in [6, 6.07) is 5.44. The Morgan fingerprint density at radius 1 is 1.35 bits per heavy atom. The van der Waals surface area contributed by atoms with Gasteiger partial charge in [-0.3, -0.25) is 4.79 Å². The van der Waals surface area contributed by atoms with Crippen LogP contribution in [-0.4, -0.2) is 44.6 Å². The van der Waals surface area contributed by atoms with Crippen LogP contribution in [0.3, 0.4) is 0 Å². The monoisotopic (exact) mass is 300 g/mol. The highest BCUT2D eigenvalue weighted by Crippen LogP contribution is 2.15. The molecule has 1 heterocycles. The maximum Gasteiger partial charge on any atom is 0.253 e. The maximum absolute atomic E-state index is 13.1. The van der Waals surface area contributed by atoms with E-state index in [1.165, 1.54) is 18.2 Å². The Bertz CT molecular complexity index is 595. The standard InChI is InChI=1S/C13H17FN2O3S/c1-20(18,19)15-12-5-7-16(8-6-12)13(17)10-3-2-4-11(14)9-10/h2-4,9,12,15H,5-8H2,1H3. The molecule has 7 heteroatoms. The molecule has 20 heavy (non-hydrogen) atoms. The van der Waals surface area contributed by atoms with E-state index in [1.807, 2.05) is 0 Å². The predicted octanol–water partition coefficient (Wildman–Crippen LogP) is 0.979. The number of nitrogens with one attached hydrogen (secondary N) is 1. The zero-order valence-electron chi connectivity index (χ0n) is 11.2. The third kappa shape index (κ3) is 4.01. The van der Waals surface area contributed by atoms with E-state index in [1.54, 1.807) is 11.0 Å². The third-order valence-electron chi connectivity index (χ3n) is 3.23. The van der Waals surface area contributed by atoms with Crippen LogP contribution >= 0.6 is 0 Å². The molecule has 0 spiro atoms. The molecular formula is C13H17FN2O3S. The lowest BCUT2D eigenvalue weighted by Crippen LogP contribution is -2.46. The Kier molecular flexibility index (Phi) is 4.39. The van der Waals surface area contributed by atoms with Crippen LogP contribution in [0.4, 0.5) is 4.39 Å². The van der Waals surface area contributed by atoms with Crippen LogP contribution < -0.4 is 4.72 Å². The van der Waals surface area contributed by atoms with Gasteiger partial charge in [-0.1, -0.05) is 6.07 Å². The Balaban J connectivity index is 1.95. The van der Waals surface area contributed by atoms with Gasteiger partial charge in [-0.25, -0.2) is 17.5 Å². The van der Waals surface area contributed by atoms with Crippen molar-refractivity contribution >= 4 is 15.9 Å². The summed E-state index contributed by atoms with van der Waals surface area (Å²) in [5.41, 5.74) is 0.319. The first-order valence-electron chi connectivity index (χ1n) is 6.37. The molecule has 1 N–H and O–H groups in total. The van der Waals surface area contributed by atoms with E-state index < -0.39 is 15.8 Å². The van der Waals surface area contributed by atoms with Crippen molar-refractivity contribution in [2.75, 3.05) is 19.3 Å². The second-order valence-electron chi connectivity index (χ2n) is 4.97. The lowest BCUT2D eigenvalue weighted by molar-refractivity contribution is 0.0711. The molecule has 0 unspecified atom stereocenters. The van der Waals surface area contributed by atoms with Crippen LogP contribution in [0, 0.1) is 5.82 Å². The van der Waals surface area contributed by atoms with Crippen LogP contribution in [0.25, 0.3) is 0 Å². The normalized spacial score (nSPS) is 17.2. The van der Waals surface area contributed by atoms with Crippen LogP contribution in [0.1, 0.15) is 23.2 Å². The SMILES string of the molecule is CS(=O)(=O)NC1CCN(C(=O)c2cccc(F)c2)CC1. The van der Waals surface area contributed by atoms with Gasteiger partial charge >= 0.3 is 0 Å². The molecule has 2 rings (SSSR count). The zero-order valence-corrected chi connectivity index (χ0v) is 12.0. The van der Waals surface area contributed by atoms with E-state index in [0.29, 0.717) is 31.5 Å². The number of hydrogen-bond donors (Lipinski definition) is 1.